The summed E-state index contributed by atoms with van der Waals surface area (Å²) in [4.78, 5) is 9.30. The van der Waals surface area contributed by atoms with Crippen molar-refractivity contribution >= 4 is 32.6 Å². The van der Waals surface area contributed by atoms with Gasteiger partial charge in [0.05, 0.1) is 28.5 Å². The Kier molecular flexibility index (Phi) is 2.47. The first kappa shape index (κ1) is 12.1. The molecule has 0 amide bonds. The molecular weight excluding hydrogens is 280 g/mol. The molecule has 3 unspecified atom stereocenters. The van der Waals surface area contributed by atoms with Crippen LogP contribution < -0.4 is 5.73 Å². The molecule has 3 heterocycles. The van der Waals surface area contributed by atoms with Crippen LogP contribution in [0.15, 0.2) is 17.6 Å². The summed E-state index contributed by atoms with van der Waals surface area (Å²) in [7, 11) is 0. The van der Waals surface area contributed by atoms with Gasteiger partial charge in [-0.05, 0) is 42.5 Å². The fraction of sp³-hybridized carbons (Fsp3) is 0.500. The van der Waals surface area contributed by atoms with Crippen LogP contribution in [-0.4, -0.2) is 14.5 Å². The lowest BCUT2D eigenvalue weighted by Crippen LogP contribution is -2.20. The second-order valence-electron chi connectivity index (χ2n) is 6.47. The molecule has 0 aliphatic heterocycles. The number of fused-ring (bicyclic) bond motifs is 5. The molecule has 2 fully saturated rings. The summed E-state index contributed by atoms with van der Waals surface area (Å²) in [6, 6.07) is 2.69. The third kappa shape index (κ3) is 1.59. The lowest BCUT2D eigenvalue weighted by atomic mass is 9.95. The highest BCUT2D eigenvalue weighted by Gasteiger charge is 2.41. The zero-order valence-electron chi connectivity index (χ0n) is 11.8. The van der Waals surface area contributed by atoms with Gasteiger partial charge in [-0.15, -0.1) is 11.3 Å². The molecule has 3 aromatic rings. The molecule has 2 aliphatic rings. The summed E-state index contributed by atoms with van der Waals surface area (Å²) in [5.74, 6) is 2.77. The molecule has 3 aromatic heterocycles. The molecule has 2 saturated carbocycles. The normalized spacial score (nSPS) is 28.1. The van der Waals surface area contributed by atoms with Crippen molar-refractivity contribution < 1.29 is 0 Å². The number of pyridine rings is 1. The largest absolute Gasteiger partial charge is 0.324 e. The summed E-state index contributed by atoms with van der Waals surface area (Å²) < 4.78 is 3.74. The second kappa shape index (κ2) is 4.27. The highest BCUT2D eigenvalue weighted by Crippen LogP contribution is 2.52. The van der Waals surface area contributed by atoms with Gasteiger partial charge in [0, 0.05) is 6.04 Å². The third-order valence-corrected chi connectivity index (χ3v) is 6.32. The van der Waals surface area contributed by atoms with Crippen molar-refractivity contribution in [3.8, 4) is 0 Å². The van der Waals surface area contributed by atoms with Crippen molar-refractivity contribution in [2.45, 2.75) is 38.3 Å². The van der Waals surface area contributed by atoms with Crippen molar-refractivity contribution in [2.75, 3.05) is 0 Å². The Bertz CT molecular complexity index is 833. The number of rotatable bonds is 2. The van der Waals surface area contributed by atoms with Gasteiger partial charge in [0.15, 0.2) is 0 Å². The number of nitrogens with two attached hydrogens (primary N) is 1. The van der Waals surface area contributed by atoms with Gasteiger partial charge >= 0.3 is 0 Å². The summed E-state index contributed by atoms with van der Waals surface area (Å²) >= 11 is 1.77. The van der Waals surface area contributed by atoms with Crippen LogP contribution in [0.1, 0.15) is 37.5 Å². The quantitative estimate of drug-likeness (QED) is 0.788. The van der Waals surface area contributed by atoms with Crippen molar-refractivity contribution in [2.24, 2.45) is 17.6 Å². The van der Waals surface area contributed by atoms with Gasteiger partial charge in [0.2, 0.25) is 0 Å². The fourth-order valence-electron chi connectivity index (χ4n) is 4.55. The Morgan fingerprint density at radius 2 is 2.24 bits per heavy atom. The van der Waals surface area contributed by atoms with Gasteiger partial charge in [-0.3, -0.25) is 4.98 Å². The molecule has 21 heavy (non-hydrogen) atoms. The summed E-state index contributed by atoms with van der Waals surface area (Å²) in [6.07, 6.45) is 7.40. The summed E-state index contributed by atoms with van der Waals surface area (Å²) in [5.41, 5.74) is 9.36. The van der Waals surface area contributed by atoms with Crippen LogP contribution in [0.2, 0.25) is 0 Å². The zero-order valence-corrected chi connectivity index (χ0v) is 12.6. The van der Waals surface area contributed by atoms with E-state index < -0.39 is 0 Å². The average molecular weight is 298 g/mol. The Morgan fingerprint density at radius 3 is 3.00 bits per heavy atom. The maximum atomic E-state index is 6.00. The zero-order chi connectivity index (χ0) is 14.0. The lowest BCUT2D eigenvalue weighted by Gasteiger charge is -2.25. The van der Waals surface area contributed by atoms with E-state index in [1.54, 1.807) is 11.3 Å². The molecule has 0 radical (unpaired) electrons. The van der Waals surface area contributed by atoms with E-state index >= 15 is 0 Å². The van der Waals surface area contributed by atoms with Crippen LogP contribution in [0.5, 0.6) is 0 Å². The highest BCUT2D eigenvalue weighted by atomic mass is 32.1. The number of imidazole rings is 1. The van der Waals surface area contributed by atoms with Gasteiger partial charge in [-0.2, -0.15) is 0 Å². The van der Waals surface area contributed by atoms with Gasteiger partial charge in [0.25, 0.3) is 0 Å². The lowest BCUT2D eigenvalue weighted by molar-refractivity contribution is 0.329. The molecule has 2 N–H and O–H groups in total. The van der Waals surface area contributed by atoms with E-state index in [1.807, 2.05) is 6.20 Å². The Hall–Kier alpha value is -1.46. The molecule has 5 heteroatoms. The van der Waals surface area contributed by atoms with Crippen LogP contribution in [0.3, 0.4) is 0 Å². The number of aromatic nitrogens is 3. The molecule has 2 bridgehead atoms. The van der Waals surface area contributed by atoms with Crippen molar-refractivity contribution in [1.29, 1.82) is 0 Å². The first-order valence-corrected chi connectivity index (χ1v) is 8.66. The van der Waals surface area contributed by atoms with Crippen LogP contribution in [0, 0.1) is 11.8 Å². The van der Waals surface area contributed by atoms with Crippen LogP contribution in [0.25, 0.3) is 21.3 Å². The minimum Gasteiger partial charge on any atom is -0.324 e. The molecule has 4 nitrogen and oxygen atoms in total. The Morgan fingerprint density at radius 1 is 1.29 bits per heavy atom. The number of nitrogens with zero attached hydrogens (tertiary/aromatic N) is 3. The van der Waals surface area contributed by atoms with Crippen molar-refractivity contribution in [1.82, 2.24) is 14.5 Å². The minimum atomic E-state index is 0.509. The Labute approximate surface area is 127 Å². The van der Waals surface area contributed by atoms with Gasteiger partial charge in [0.1, 0.15) is 11.3 Å². The van der Waals surface area contributed by atoms with Crippen LogP contribution in [0.4, 0.5) is 0 Å². The monoisotopic (exact) mass is 298 g/mol. The van der Waals surface area contributed by atoms with Crippen molar-refractivity contribution in [3.05, 3.63) is 23.5 Å². The molecular formula is C16H18N4S. The second-order valence-corrected chi connectivity index (χ2v) is 7.39. The first-order valence-electron chi connectivity index (χ1n) is 7.78. The standard InChI is InChI=1S/C16H18N4S/c17-7-14-19-12-8-18-11-3-4-21-16(11)15(12)20(14)13-6-9-1-2-10(13)5-9/h3-4,8-10,13H,1-2,5-7,17H2. The fourth-order valence-corrected chi connectivity index (χ4v) is 5.44. The van der Waals surface area contributed by atoms with Crippen molar-refractivity contribution in [3.63, 3.8) is 0 Å². The van der Waals surface area contributed by atoms with E-state index in [4.69, 9.17) is 10.7 Å². The minimum absolute atomic E-state index is 0.509. The summed E-state index contributed by atoms with van der Waals surface area (Å²) in [5, 5.41) is 2.12. The van der Waals surface area contributed by atoms with Crippen LogP contribution >= 0.6 is 11.3 Å². The van der Waals surface area contributed by atoms with E-state index in [1.165, 1.54) is 35.9 Å². The molecule has 2 aliphatic carbocycles. The maximum absolute atomic E-state index is 6.00. The molecule has 0 spiro atoms. The summed E-state index contributed by atoms with van der Waals surface area (Å²) in [6.45, 7) is 0.509. The van der Waals surface area contributed by atoms with Gasteiger partial charge in [-0.1, -0.05) is 6.42 Å². The van der Waals surface area contributed by atoms with E-state index in [-0.39, 0.29) is 0 Å². The van der Waals surface area contributed by atoms with Crippen LogP contribution in [-0.2, 0) is 6.54 Å². The predicted octanol–water partition coefficient (Wildman–Crippen LogP) is 3.47. The maximum Gasteiger partial charge on any atom is 0.124 e. The number of hydrogen-bond donors (Lipinski definition) is 1. The first-order chi connectivity index (χ1) is 10.3. The van der Waals surface area contributed by atoms with E-state index in [9.17, 15) is 0 Å². The van der Waals surface area contributed by atoms with E-state index in [0.717, 1.165) is 28.7 Å². The highest BCUT2D eigenvalue weighted by molar-refractivity contribution is 7.18. The molecule has 0 saturated heterocycles. The smallest absolute Gasteiger partial charge is 0.124 e. The number of thiophene rings is 1. The Balaban J connectivity index is 1.81. The molecule has 108 valence electrons. The molecule has 3 atom stereocenters. The molecule has 0 aromatic carbocycles. The average Bonchev–Trinajstić information content (AvgIpc) is 3.26. The predicted molar refractivity (Wildman–Crippen MR) is 85.3 cm³/mol. The van der Waals surface area contributed by atoms with E-state index in [0.29, 0.717) is 12.6 Å². The van der Waals surface area contributed by atoms with Gasteiger partial charge in [-0.25, -0.2) is 4.98 Å². The number of hydrogen-bond acceptors (Lipinski definition) is 4. The topological polar surface area (TPSA) is 56.7 Å². The van der Waals surface area contributed by atoms with Gasteiger partial charge < -0.3 is 10.3 Å². The van der Waals surface area contributed by atoms with E-state index in [2.05, 4.69) is 21.0 Å². The third-order valence-electron chi connectivity index (χ3n) is 5.41. The SMILES string of the molecule is NCc1nc2cnc3ccsc3c2n1C1CC2CCC1C2. The molecule has 5 rings (SSSR count).